The van der Waals surface area contributed by atoms with Gasteiger partial charge in [0.1, 0.15) is 11.5 Å². The minimum absolute atomic E-state index is 0.0117. The van der Waals surface area contributed by atoms with Crippen molar-refractivity contribution in [1.82, 2.24) is 14.9 Å². The molecule has 5 rings (SSSR count). The molecule has 1 aliphatic heterocycles. The summed E-state index contributed by atoms with van der Waals surface area (Å²) in [4.78, 5) is 42.4. The lowest BCUT2D eigenvalue weighted by Gasteiger charge is -2.33. The monoisotopic (exact) mass is 529 g/mol. The first-order valence-corrected chi connectivity index (χ1v) is 12.5. The van der Waals surface area contributed by atoms with Gasteiger partial charge in [-0.05, 0) is 62.1 Å². The van der Waals surface area contributed by atoms with E-state index in [9.17, 15) is 19.5 Å². The Bertz CT molecular complexity index is 1420. The zero-order valence-electron chi connectivity index (χ0n) is 19.5. The lowest BCUT2D eigenvalue weighted by molar-refractivity contribution is -0.122. The highest BCUT2D eigenvalue weighted by molar-refractivity contribution is 6.31. The maximum absolute atomic E-state index is 13.8. The van der Waals surface area contributed by atoms with Gasteiger partial charge in [-0.25, -0.2) is 4.79 Å². The SMILES string of the molecule is CCc1c[nH]c(=O)n([C@]2(CNC(=O)C3c4cc(Cl)ccc4Oc4ccc(Cl)cc43)CC[C@H](O)C2)c1=O. The third-order valence-electron chi connectivity index (χ3n) is 7.10. The highest BCUT2D eigenvalue weighted by atomic mass is 35.5. The molecule has 0 spiro atoms. The average Bonchev–Trinajstić information content (AvgIpc) is 3.22. The van der Waals surface area contributed by atoms with Crippen molar-refractivity contribution in [3.05, 3.63) is 90.2 Å². The number of aryl methyl sites for hydroxylation is 1. The molecule has 188 valence electrons. The van der Waals surface area contributed by atoms with E-state index in [1.54, 1.807) is 36.4 Å². The molecule has 1 aromatic heterocycles. The third-order valence-corrected chi connectivity index (χ3v) is 7.57. The number of fused-ring (bicyclic) bond motifs is 2. The van der Waals surface area contributed by atoms with Crippen molar-refractivity contribution in [2.45, 2.75) is 50.2 Å². The predicted octanol–water partition coefficient (Wildman–Crippen LogP) is 3.70. The molecule has 0 unspecified atom stereocenters. The van der Waals surface area contributed by atoms with E-state index in [0.717, 1.165) is 0 Å². The summed E-state index contributed by atoms with van der Waals surface area (Å²) in [5.41, 5.74) is -0.426. The second-order valence-electron chi connectivity index (χ2n) is 9.35. The number of carbonyl (C=O) groups excluding carboxylic acids is 1. The van der Waals surface area contributed by atoms with Gasteiger partial charge in [0.2, 0.25) is 5.91 Å². The first-order chi connectivity index (χ1) is 17.2. The maximum atomic E-state index is 13.8. The largest absolute Gasteiger partial charge is 0.457 e. The quantitative estimate of drug-likeness (QED) is 0.466. The number of hydrogen-bond acceptors (Lipinski definition) is 5. The summed E-state index contributed by atoms with van der Waals surface area (Å²) < 4.78 is 7.15. The van der Waals surface area contributed by atoms with E-state index in [1.165, 1.54) is 10.8 Å². The minimum Gasteiger partial charge on any atom is -0.457 e. The van der Waals surface area contributed by atoms with Gasteiger partial charge in [-0.2, -0.15) is 0 Å². The van der Waals surface area contributed by atoms with Crippen molar-refractivity contribution in [1.29, 1.82) is 0 Å². The number of hydrogen-bond donors (Lipinski definition) is 3. The van der Waals surface area contributed by atoms with Gasteiger partial charge in [0.05, 0.1) is 17.6 Å². The molecule has 10 heteroatoms. The molecule has 8 nitrogen and oxygen atoms in total. The van der Waals surface area contributed by atoms with Gasteiger partial charge in [0, 0.05) is 39.5 Å². The first-order valence-electron chi connectivity index (χ1n) is 11.8. The summed E-state index contributed by atoms with van der Waals surface area (Å²) in [7, 11) is 0. The number of nitrogens with zero attached hydrogens (tertiary/aromatic N) is 1. The molecule has 3 aromatic rings. The number of aliphatic hydroxyl groups excluding tert-OH is 1. The van der Waals surface area contributed by atoms with Crippen LogP contribution >= 0.6 is 23.2 Å². The minimum atomic E-state index is -1.07. The zero-order chi connectivity index (χ0) is 25.6. The fraction of sp³-hybridized carbons (Fsp3) is 0.346. The zero-order valence-corrected chi connectivity index (χ0v) is 21.0. The average molecular weight is 530 g/mol. The highest BCUT2D eigenvalue weighted by Gasteiger charge is 2.44. The Hall–Kier alpha value is -3.07. The van der Waals surface area contributed by atoms with Crippen molar-refractivity contribution >= 4 is 29.1 Å². The fourth-order valence-electron chi connectivity index (χ4n) is 5.31. The van der Waals surface area contributed by atoms with Crippen molar-refractivity contribution < 1.29 is 14.6 Å². The molecule has 0 bridgehead atoms. The van der Waals surface area contributed by atoms with Gasteiger partial charge in [-0.3, -0.25) is 14.2 Å². The number of carbonyl (C=O) groups is 1. The normalized spacial score (nSPS) is 20.9. The topological polar surface area (TPSA) is 113 Å². The number of nitrogens with one attached hydrogen (secondary N) is 2. The molecule has 1 aliphatic carbocycles. The Kier molecular flexibility index (Phi) is 6.44. The second-order valence-corrected chi connectivity index (χ2v) is 10.2. The predicted molar refractivity (Wildman–Crippen MR) is 136 cm³/mol. The molecule has 2 atom stereocenters. The summed E-state index contributed by atoms with van der Waals surface area (Å²) >= 11 is 12.5. The van der Waals surface area contributed by atoms with Crippen molar-refractivity contribution in [2.75, 3.05) is 6.54 Å². The molecule has 1 fully saturated rings. The molecule has 0 radical (unpaired) electrons. The van der Waals surface area contributed by atoms with Crippen LogP contribution in [0, 0.1) is 0 Å². The maximum Gasteiger partial charge on any atom is 0.328 e. The Morgan fingerprint density at radius 3 is 2.36 bits per heavy atom. The van der Waals surface area contributed by atoms with Crippen LogP contribution in [0.1, 0.15) is 48.8 Å². The third kappa shape index (κ3) is 4.23. The standard InChI is InChI=1S/C26H25Cl2N3O5/c1-2-14-12-29-25(35)31(24(14)34)26(8-7-17(32)11-26)13-30-23(33)22-18-9-15(27)3-5-20(18)36-21-6-4-16(28)10-19(21)22/h3-6,9-10,12,17,22,32H,2,7-8,11,13H2,1H3,(H,29,35)(H,30,33)/t17-,26+/m0/s1. The number of aliphatic hydroxyl groups is 1. The number of H-pyrrole nitrogens is 1. The van der Waals surface area contributed by atoms with Gasteiger partial charge < -0.3 is 20.1 Å². The molecule has 36 heavy (non-hydrogen) atoms. The molecule has 2 aromatic carbocycles. The molecular formula is C26H25Cl2N3O5. The smallest absolute Gasteiger partial charge is 0.328 e. The van der Waals surface area contributed by atoms with Gasteiger partial charge in [-0.1, -0.05) is 30.1 Å². The van der Waals surface area contributed by atoms with Crippen LogP contribution in [0.4, 0.5) is 0 Å². The number of amides is 1. The Morgan fingerprint density at radius 2 is 1.81 bits per heavy atom. The van der Waals surface area contributed by atoms with E-state index in [2.05, 4.69) is 10.3 Å². The number of halogens is 2. The van der Waals surface area contributed by atoms with E-state index in [1.807, 2.05) is 6.92 Å². The summed E-state index contributed by atoms with van der Waals surface area (Å²) in [6.07, 6.45) is 2.11. The molecular weight excluding hydrogens is 505 g/mol. The van der Waals surface area contributed by atoms with Crippen LogP contribution in [-0.2, 0) is 16.8 Å². The van der Waals surface area contributed by atoms with E-state index >= 15 is 0 Å². The Labute approximate surface area is 216 Å². The first kappa shape index (κ1) is 24.6. The second kappa shape index (κ2) is 9.42. The number of aromatic nitrogens is 2. The Morgan fingerprint density at radius 1 is 1.17 bits per heavy atom. The molecule has 1 saturated carbocycles. The summed E-state index contributed by atoms with van der Waals surface area (Å²) in [6, 6.07) is 10.1. The van der Waals surface area contributed by atoms with Gasteiger partial charge in [0.25, 0.3) is 5.56 Å². The highest BCUT2D eigenvalue weighted by Crippen LogP contribution is 2.46. The van der Waals surface area contributed by atoms with Crippen molar-refractivity contribution in [3.8, 4) is 11.5 Å². The number of benzene rings is 2. The van der Waals surface area contributed by atoms with Crippen LogP contribution in [0.5, 0.6) is 11.5 Å². The molecule has 2 heterocycles. The molecule has 2 aliphatic rings. The van der Waals surface area contributed by atoms with Crippen molar-refractivity contribution in [2.24, 2.45) is 0 Å². The van der Waals surface area contributed by atoms with E-state index in [0.29, 0.717) is 57.5 Å². The molecule has 1 amide bonds. The fourth-order valence-corrected chi connectivity index (χ4v) is 5.67. The lowest BCUT2D eigenvalue weighted by Crippen LogP contribution is -2.55. The summed E-state index contributed by atoms with van der Waals surface area (Å²) in [5.74, 6) is -0.129. The number of ether oxygens (including phenoxy) is 1. The Balaban J connectivity index is 1.53. The van der Waals surface area contributed by atoms with Gasteiger partial charge in [-0.15, -0.1) is 0 Å². The van der Waals surface area contributed by atoms with E-state index in [4.69, 9.17) is 27.9 Å². The van der Waals surface area contributed by atoms with Gasteiger partial charge >= 0.3 is 5.69 Å². The van der Waals surface area contributed by atoms with Gasteiger partial charge in [0.15, 0.2) is 0 Å². The van der Waals surface area contributed by atoms with Crippen LogP contribution in [0.3, 0.4) is 0 Å². The summed E-state index contributed by atoms with van der Waals surface area (Å²) in [5, 5.41) is 14.2. The van der Waals surface area contributed by atoms with Crippen LogP contribution in [0.2, 0.25) is 10.0 Å². The van der Waals surface area contributed by atoms with Crippen LogP contribution in [-0.4, -0.2) is 33.2 Å². The molecule has 0 saturated heterocycles. The number of aromatic amines is 1. The van der Waals surface area contributed by atoms with Crippen LogP contribution in [0.15, 0.2) is 52.2 Å². The molecule has 3 N–H and O–H groups in total. The van der Waals surface area contributed by atoms with Crippen LogP contribution < -0.4 is 21.3 Å². The van der Waals surface area contributed by atoms with Crippen LogP contribution in [0.25, 0.3) is 0 Å². The van der Waals surface area contributed by atoms with E-state index in [-0.39, 0.29) is 18.9 Å². The summed E-state index contributed by atoms with van der Waals surface area (Å²) in [6.45, 7) is 1.82. The van der Waals surface area contributed by atoms with E-state index < -0.39 is 28.8 Å². The lowest BCUT2D eigenvalue weighted by atomic mass is 9.86. The van der Waals surface area contributed by atoms with Crippen molar-refractivity contribution in [3.63, 3.8) is 0 Å². The number of rotatable bonds is 5.